The normalized spacial score (nSPS) is 19.8. The maximum Gasteiger partial charge on any atom is 0.175 e. The standard InChI is InChI=1S/C14H20N6/c15-11(9-3-5-17-6-4-9)7-13(16)18-14-8-12(19-20-14)10-1-2-10/h3,8,10,15,17H,1-2,4-7H2,(H3,16,18,19,20). The molecule has 1 aliphatic heterocycles. The summed E-state index contributed by atoms with van der Waals surface area (Å²) in [5.74, 6) is 1.70. The highest BCUT2D eigenvalue weighted by Crippen LogP contribution is 2.39. The van der Waals surface area contributed by atoms with Crippen LogP contribution in [-0.2, 0) is 0 Å². The zero-order chi connectivity index (χ0) is 13.9. The Morgan fingerprint density at radius 3 is 3.05 bits per heavy atom. The molecule has 1 aliphatic carbocycles. The first kappa shape index (κ1) is 13.1. The Labute approximate surface area is 118 Å². The van der Waals surface area contributed by atoms with Gasteiger partial charge in [-0.3, -0.25) is 5.10 Å². The van der Waals surface area contributed by atoms with Crippen molar-refractivity contribution in [3.63, 3.8) is 0 Å². The average molecular weight is 272 g/mol. The highest BCUT2D eigenvalue weighted by molar-refractivity contribution is 6.10. The first-order valence-electron chi connectivity index (χ1n) is 7.08. The number of amidine groups is 1. The largest absolute Gasteiger partial charge is 0.387 e. The van der Waals surface area contributed by atoms with Crippen LogP contribution in [0.2, 0.25) is 0 Å². The minimum atomic E-state index is 0.386. The van der Waals surface area contributed by atoms with Gasteiger partial charge in [0, 0.05) is 36.4 Å². The van der Waals surface area contributed by atoms with Crippen LogP contribution in [0.15, 0.2) is 22.7 Å². The van der Waals surface area contributed by atoms with Crippen LogP contribution in [0.5, 0.6) is 0 Å². The smallest absolute Gasteiger partial charge is 0.175 e. The van der Waals surface area contributed by atoms with Gasteiger partial charge in [0.05, 0.1) is 0 Å². The fraction of sp³-hybridized carbons (Fsp3) is 0.500. The van der Waals surface area contributed by atoms with Crippen molar-refractivity contribution in [2.45, 2.75) is 31.6 Å². The lowest BCUT2D eigenvalue weighted by atomic mass is 10.0. The van der Waals surface area contributed by atoms with Gasteiger partial charge in [-0.05, 0) is 31.4 Å². The van der Waals surface area contributed by atoms with Crippen LogP contribution >= 0.6 is 0 Å². The minimum absolute atomic E-state index is 0.386. The van der Waals surface area contributed by atoms with Crippen LogP contribution in [0.1, 0.15) is 37.3 Å². The van der Waals surface area contributed by atoms with Crippen LogP contribution < -0.4 is 11.1 Å². The molecule has 5 N–H and O–H groups in total. The molecule has 0 amide bonds. The van der Waals surface area contributed by atoms with Gasteiger partial charge < -0.3 is 16.5 Å². The summed E-state index contributed by atoms with van der Waals surface area (Å²) in [6.07, 6.45) is 5.79. The number of nitrogens with one attached hydrogen (secondary N) is 3. The van der Waals surface area contributed by atoms with Crippen molar-refractivity contribution in [3.8, 4) is 0 Å². The summed E-state index contributed by atoms with van der Waals surface area (Å²) in [6.45, 7) is 1.76. The van der Waals surface area contributed by atoms with Gasteiger partial charge in [-0.2, -0.15) is 5.10 Å². The molecule has 2 heterocycles. The summed E-state index contributed by atoms with van der Waals surface area (Å²) in [4.78, 5) is 4.29. The lowest BCUT2D eigenvalue weighted by molar-refractivity contribution is 0.716. The predicted molar refractivity (Wildman–Crippen MR) is 79.8 cm³/mol. The summed E-state index contributed by atoms with van der Waals surface area (Å²) in [5, 5.41) is 18.5. The molecule has 1 fully saturated rings. The van der Waals surface area contributed by atoms with E-state index in [4.69, 9.17) is 11.1 Å². The SMILES string of the molecule is N=C(CC(N)=Nc1cc(C2CC2)[nH]n1)C1=CCNCC1. The Morgan fingerprint density at radius 1 is 1.50 bits per heavy atom. The molecule has 1 saturated carbocycles. The third-order valence-electron chi connectivity index (χ3n) is 3.67. The van der Waals surface area contributed by atoms with E-state index in [2.05, 4.69) is 26.6 Å². The van der Waals surface area contributed by atoms with E-state index in [0.717, 1.165) is 30.8 Å². The highest BCUT2D eigenvalue weighted by Gasteiger charge is 2.25. The van der Waals surface area contributed by atoms with E-state index >= 15 is 0 Å². The average Bonchev–Trinajstić information content (AvgIpc) is 3.20. The first-order chi connectivity index (χ1) is 9.72. The van der Waals surface area contributed by atoms with Crippen LogP contribution in [0.3, 0.4) is 0 Å². The molecular formula is C14H20N6. The Morgan fingerprint density at radius 2 is 2.35 bits per heavy atom. The Bertz CT molecular complexity index is 564. The molecule has 0 saturated heterocycles. The fourth-order valence-electron chi connectivity index (χ4n) is 2.36. The topological polar surface area (TPSA) is 103 Å². The lowest BCUT2D eigenvalue weighted by Crippen LogP contribution is -2.25. The third-order valence-corrected chi connectivity index (χ3v) is 3.67. The van der Waals surface area contributed by atoms with Crippen molar-refractivity contribution in [2.75, 3.05) is 13.1 Å². The molecule has 0 radical (unpaired) electrons. The van der Waals surface area contributed by atoms with Crippen LogP contribution in [0, 0.1) is 5.41 Å². The number of aromatic amines is 1. The molecule has 1 aromatic rings. The molecule has 2 aliphatic rings. The van der Waals surface area contributed by atoms with Crippen molar-refractivity contribution in [1.29, 1.82) is 5.41 Å². The van der Waals surface area contributed by atoms with Crippen molar-refractivity contribution in [3.05, 3.63) is 23.4 Å². The Balaban J connectivity index is 1.62. The molecule has 20 heavy (non-hydrogen) atoms. The maximum atomic E-state index is 8.08. The second kappa shape index (κ2) is 5.58. The number of rotatable bonds is 5. The van der Waals surface area contributed by atoms with Gasteiger partial charge in [-0.1, -0.05) is 6.08 Å². The van der Waals surface area contributed by atoms with Gasteiger partial charge in [0.25, 0.3) is 0 Å². The molecule has 0 atom stereocenters. The molecular weight excluding hydrogens is 252 g/mol. The quantitative estimate of drug-likeness (QED) is 0.483. The van der Waals surface area contributed by atoms with Crippen molar-refractivity contribution >= 4 is 17.4 Å². The van der Waals surface area contributed by atoms with E-state index in [-0.39, 0.29) is 0 Å². The second-order valence-corrected chi connectivity index (χ2v) is 5.40. The number of aromatic nitrogens is 2. The zero-order valence-electron chi connectivity index (χ0n) is 11.4. The molecule has 6 heteroatoms. The number of hydrogen-bond donors (Lipinski definition) is 4. The summed E-state index contributed by atoms with van der Waals surface area (Å²) in [6, 6.07) is 1.96. The molecule has 6 nitrogen and oxygen atoms in total. The van der Waals surface area contributed by atoms with Crippen molar-refractivity contribution in [1.82, 2.24) is 15.5 Å². The van der Waals surface area contributed by atoms with E-state index in [0.29, 0.717) is 29.7 Å². The van der Waals surface area contributed by atoms with Crippen LogP contribution in [-0.4, -0.2) is 34.8 Å². The van der Waals surface area contributed by atoms with Gasteiger partial charge in [0.1, 0.15) is 5.84 Å². The van der Waals surface area contributed by atoms with Gasteiger partial charge in [0.2, 0.25) is 0 Å². The van der Waals surface area contributed by atoms with Gasteiger partial charge in [-0.15, -0.1) is 0 Å². The Kier molecular flexibility index (Phi) is 3.64. The molecule has 0 unspecified atom stereocenters. The number of hydrogen-bond acceptors (Lipinski definition) is 4. The van der Waals surface area contributed by atoms with Crippen LogP contribution in [0.4, 0.5) is 5.82 Å². The number of H-pyrrole nitrogens is 1. The van der Waals surface area contributed by atoms with E-state index < -0.39 is 0 Å². The molecule has 3 rings (SSSR count). The summed E-state index contributed by atoms with van der Waals surface area (Å²) in [5.41, 5.74) is 8.71. The molecule has 1 aromatic heterocycles. The minimum Gasteiger partial charge on any atom is -0.387 e. The maximum absolute atomic E-state index is 8.08. The van der Waals surface area contributed by atoms with Crippen LogP contribution in [0.25, 0.3) is 0 Å². The van der Waals surface area contributed by atoms with Gasteiger partial charge >= 0.3 is 0 Å². The molecule has 0 aromatic carbocycles. The van der Waals surface area contributed by atoms with Crippen molar-refractivity contribution in [2.24, 2.45) is 10.7 Å². The van der Waals surface area contributed by atoms with E-state index in [9.17, 15) is 0 Å². The summed E-state index contributed by atoms with van der Waals surface area (Å²) < 4.78 is 0. The number of nitrogens with zero attached hydrogens (tertiary/aromatic N) is 2. The van der Waals surface area contributed by atoms with E-state index in [1.807, 2.05) is 6.07 Å². The Hall–Kier alpha value is -1.95. The molecule has 0 bridgehead atoms. The summed E-state index contributed by atoms with van der Waals surface area (Å²) in [7, 11) is 0. The number of nitrogens with two attached hydrogens (primary N) is 1. The third kappa shape index (κ3) is 3.14. The fourth-order valence-corrected chi connectivity index (χ4v) is 2.36. The highest BCUT2D eigenvalue weighted by atomic mass is 15.2. The predicted octanol–water partition coefficient (Wildman–Crippen LogP) is 1.61. The molecule has 0 spiro atoms. The first-order valence-corrected chi connectivity index (χ1v) is 7.08. The monoisotopic (exact) mass is 272 g/mol. The van der Waals surface area contributed by atoms with Crippen molar-refractivity contribution < 1.29 is 0 Å². The zero-order valence-corrected chi connectivity index (χ0v) is 11.4. The van der Waals surface area contributed by atoms with E-state index in [1.54, 1.807) is 0 Å². The summed E-state index contributed by atoms with van der Waals surface area (Å²) >= 11 is 0. The molecule has 106 valence electrons. The van der Waals surface area contributed by atoms with E-state index in [1.165, 1.54) is 12.8 Å². The lowest BCUT2D eigenvalue weighted by Gasteiger charge is -2.14. The second-order valence-electron chi connectivity index (χ2n) is 5.40. The number of aliphatic imine (C=N–C) groups is 1. The van der Waals surface area contributed by atoms with Gasteiger partial charge in [-0.25, -0.2) is 4.99 Å². The van der Waals surface area contributed by atoms with Gasteiger partial charge in [0.15, 0.2) is 5.82 Å².